The van der Waals surface area contributed by atoms with E-state index < -0.39 is 0 Å². The van der Waals surface area contributed by atoms with E-state index in [1.165, 1.54) is 43.2 Å². The number of hydrogen-bond donors (Lipinski definition) is 1. The number of aryl methyl sites for hydroxylation is 1. The summed E-state index contributed by atoms with van der Waals surface area (Å²) < 4.78 is 0. The van der Waals surface area contributed by atoms with Crippen LogP contribution in [-0.4, -0.2) is 11.0 Å². The third kappa shape index (κ3) is 3.06. The summed E-state index contributed by atoms with van der Waals surface area (Å²) in [5, 5.41) is 0. The van der Waals surface area contributed by atoms with Gasteiger partial charge in [-0.05, 0) is 43.2 Å². The molecule has 3 unspecified atom stereocenters. The van der Waals surface area contributed by atoms with Crippen molar-refractivity contribution in [1.82, 2.24) is 4.98 Å². The highest BCUT2D eigenvalue weighted by Crippen LogP contribution is 2.37. The highest BCUT2D eigenvalue weighted by Gasteiger charge is 2.28. The van der Waals surface area contributed by atoms with Gasteiger partial charge in [0, 0.05) is 24.4 Å². The molecule has 2 nitrogen and oxygen atoms in total. The third-order valence-corrected chi connectivity index (χ3v) is 4.03. The van der Waals surface area contributed by atoms with Crippen molar-refractivity contribution in [3.63, 3.8) is 0 Å². The molecular weight excluding hydrogens is 208 g/mol. The van der Waals surface area contributed by atoms with Crippen molar-refractivity contribution < 1.29 is 0 Å². The maximum absolute atomic E-state index is 6.29. The Balaban J connectivity index is 2.12. The van der Waals surface area contributed by atoms with Crippen LogP contribution in [-0.2, 0) is 0 Å². The zero-order valence-electron chi connectivity index (χ0n) is 11.0. The molecule has 94 valence electrons. The lowest BCUT2D eigenvalue weighted by Crippen LogP contribution is -2.34. The summed E-state index contributed by atoms with van der Waals surface area (Å²) in [6.07, 6.45) is 10.3. The maximum atomic E-state index is 6.29. The molecule has 0 radical (unpaired) electrons. The molecule has 0 spiro atoms. The van der Waals surface area contributed by atoms with Crippen molar-refractivity contribution in [3.8, 4) is 0 Å². The van der Waals surface area contributed by atoms with Gasteiger partial charge in [0.05, 0.1) is 0 Å². The van der Waals surface area contributed by atoms with E-state index in [4.69, 9.17) is 5.73 Å². The molecule has 0 saturated heterocycles. The van der Waals surface area contributed by atoms with Gasteiger partial charge >= 0.3 is 0 Å². The Morgan fingerprint density at radius 2 is 2.18 bits per heavy atom. The fourth-order valence-corrected chi connectivity index (χ4v) is 3.12. The Morgan fingerprint density at radius 1 is 1.35 bits per heavy atom. The van der Waals surface area contributed by atoms with Gasteiger partial charge in [-0.2, -0.15) is 0 Å². The van der Waals surface area contributed by atoms with Crippen LogP contribution in [0.15, 0.2) is 18.5 Å². The number of rotatable bonds is 3. The molecule has 3 atom stereocenters. The molecule has 1 fully saturated rings. The number of pyridine rings is 1. The van der Waals surface area contributed by atoms with E-state index >= 15 is 0 Å². The van der Waals surface area contributed by atoms with Crippen molar-refractivity contribution in [2.75, 3.05) is 0 Å². The molecule has 0 aromatic carbocycles. The molecule has 2 N–H and O–H groups in total. The van der Waals surface area contributed by atoms with Gasteiger partial charge in [0.2, 0.25) is 0 Å². The highest BCUT2D eigenvalue weighted by molar-refractivity contribution is 5.23. The second-order valence-electron chi connectivity index (χ2n) is 5.53. The van der Waals surface area contributed by atoms with Crippen LogP contribution in [0.25, 0.3) is 0 Å². The van der Waals surface area contributed by atoms with Crippen molar-refractivity contribution in [1.29, 1.82) is 0 Å². The van der Waals surface area contributed by atoms with Crippen LogP contribution in [0.1, 0.15) is 56.1 Å². The molecule has 2 rings (SSSR count). The first-order valence-corrected chi connectivity index (χ1v) is 6.87. The average Bonchev–Trinajstić information content (AvgIpc) is 2.32. The Morgan fingerprint density at radius 3 is 2.88 bits per heavy atom. The predicted molar refractivity (Wildman–Crippen MR) is 71.9 cm³/mol. The lowest BCUT2D eigenvalue weighted by atomic mass is 9.74. The van der Waals surface area contributed by atoms with Crippen LogP contribution >= 0.6 is 0 Å². The molecule has 1 aliphatic rings. The average molecular weight is 232 g/mol. The standard InChI is InChI=1S/C15H24N2/c1-3-4-12-5-6-15(16)14(8-12)13-7-11(2)9-17-10-13/h7,9-10,12,14-15H,3-6,8,16H2,1-2H3. The Kier molecular flexibility index (Phi) is 4.16. The van der Waals surface area contributed by atoms with Gasteiger partial charge in [0.1, 0.15) is 0 Å². The first-order chi connectivity index (χ1) is 8.20. The fraction of sp³-hybridized carbons (Fsp3) is 0.667. The monoisotopic (exact) mass is 232 g/mol. The van der Waals surface area contributed by atoms with Crippen LogP contribution in [0.2, 0.25) is 0 Å². The van der Waals surface area contributed by atoms with Gasteiger partial charge in [0.25, 0.3) is 0 Å². The van der Waals surface area contributed by atoms with E-state index in [2.05, 4.69) is 24.9 Å². The second kappa shape index (κ2) is 5.63. The summed E-state index contributed by atoms with van der Waals surface area (Å²) in [4.78, 5) is 4.31. The topological polar surface area (TPSA) is 38.9 Å². The highest BCUT2D eigenvalue weighted by atomic mass is 14.7. The molecule has 17 heavy (non-hydrogen) atoms. The smallest absolute Gasteiger partial charge is 0.0303 e. The zero-order valence-corrected chi connectivity index (χ0v) is 11.0. The van der Waals surface area contributed by atoms with Crippen LogP contribution in [0, 0.1) is 12.8 Å². The summed E-state index contributed by atoms with van der Waals surface area (Å²) in [5.74, 6) is 1.39. The summed E-state index contributed by atoms with van der Waals surface area (Å²) in [6, 6.07) is 2.58. The number of nitrogens with zero attached hydrogens (tertiary/aromatic N) is 1. The van der Waals surface area contributed by atoms with Gasteiger partial charge in [-0.15, -0.1) is 0 Å². The molecule has 1 heterocycles. The third-order valence-electron chi connectivity index (χ3n) is 4.03. The summed E-state index contributed by atoms with van der Waals surface area (Å²) in [7, 11) is 0. The first-order valence-electron chi connectivity index (χ1n) is 6.87. The van der Waals surface area contributed by atoms with Gasteiger partial charge in [-0.1, -0.05) is 25.8 Å². The van der Waals surface area contributed by atoms with Crippen LogP contribution < -0.4 is 5.73 Å². The molecule has 1 saturated carbocycles. The molecule has 0 amide bonds. The van der Waals surface area contributed by atoms with Crippen LogP contribution in [0.5, 0.6) is 0 Å². The normalized spacial score (nSPS) is 29.2. The molecule has 1 aliphatic carbocycles. The zero-order chi connectivity index (χ0) is 12.3. The van der Waals surface area contributed by atoms with Crippen molar-refractivity contribution in [2.45, 2.75) is 57.9 Å². The second-order valence-corrected chi connectivity index (χ2v) is 5.53. The van der Waals surface area contributed by atoms with E-state index in [1.54, 1.807) is 0 Å². The summed E-state index contributed by atoms with van der Waals surface area (Å²) in [6.45, 7) is 4.38. The molecule has 0 bridgehead atoms. The Labute approximate surface area is 105 Å². The molecule has 2 heteroatoms. The minimum absolute atomic E-state index is 0.326. The molecule has 0 aliphatic heterocycles. The van der Waals surface area contributed by atoms with Crippen molar-refractivity contribution in [3.05, 3.63) is 29.6 Å². The van der Waals surface area contributed by atoms with Crippen LogP contribution in [0.4, 0.5) is 0 Å². The molecular formula is C15H24N2. The van der Waals surface area contributed by atoms with E-state index in [0.29, 0.717) is 12.0 Å². The predicted octanol–water partition coefficient (Wildman–Crippen LogP) is 3.40. The lowest BCUT2D eigenvalue weighted by Gasteiger charge is -2.34. The number of aromatic nitrogens is 1. The Bertz CT molecular complexity index is 362. The quantitative estimate of drug-likeness (QED) is 0.867. The molecule has 1 aromatic heterocycles. The van der Waals surface area contributed by atoms with Crippen molar-refractivity contribution in [2.24, 2.45) is 11.7 Å². The van der Waals surface area contributed by atoms with Gasteiger partial charge < -0.3 is 5.73 Å². The minimum atomic E-state index is 0.326. The SMILES string of the molecule is CCCC1CCC(N)C(c2cncc(C)c2)C1. The largest absolute Gasteiger partial charge is 0.327 e. The first kappa shape index (κ1) is 12.6. The van der Waals surface area contributed by atoms with Gasteiger partial charge in [0.15, 0.2) is 0 Å². The van der Waals surface area contributed by atoms with E-state index in [-0.39, 0.29) is 0 Å². The van der Waals surface area contributed by atoms with E-state index in [0.717, 1.165) is 5.92 Å². The van der Waals surface area contributed by atoms with Gasteiger partial charge in [-0.25, -0.2) is 0 Å². The van der Waals surface area contributed by atoms with Crippen LogP contribution in [0.3, 0.4) is 0 Å². The molecule has 1 aromatic rings. The number of hydrogen-bond acceptors (Lipinski definition) is 2. The number of nitrogens with two attached hydrogens (primary N) is 1. The van der Waals surface area contributed by atoms with E-state index in [1.807, 2.05) is 12.4 Å². The summed E-state index contributed by atoms with van der Waals surface area (Å²) in [5.41, 5.74) is 8.88. The maximum Gasteiger partial charge on any atom is 0.0303 e. The minimum Gasteiger partial charge on any atom is -0.327 e. The van der Waals surface area contributed by atoms with Crippen molar-refractivity contribution >= 4 is 0 Å². The summed E-state index contributed by atoms with van der Waals surface area (Å²) >= 11 is 0. The Hall–Kier alpha value is -0.890. The van der Waals surface area contributed by atoms with Gasteiger partial charge in [-0.3, -0.25) is 4.98 Å². The fourth-order valence-electron chi connectivity index (χ4n) is 3.12. The van der Waals surface area contributed by atoms with E-state index in [9.17, 15) is 0 Å². The lowest BCUT2D eigenvalue weighted by molar-refractivity contribution is 0.274.